The van der Waals surface area contributed by atoms with Gasteiger partial charge >= 0.3 is 5.91 Å². The van der Waals surface area contributed by atoms with E-state index < -0.39 is 11.6 Å². The monoisotopic (exact) mass is 433 g/mol. The molecule has 0 saturated carbocycles. The quantitative estimate of drug-likeness (QED) is 0.629. The number of benzene rings is 2. The van der Waals surface area contributed by atoms with E-state index >= 15 is 0 Å². The molecule has 1 aliphatic carbocycles. The molecule has 1 unspecified atom stereocenters. The summed E-state index contributed by atoms with van der Waals surface area (Å²) in [7, 11) is 3.79. The fourth-order valence-electron chi connectivity index (χ4n) is 5.25. The van der Waals surface area contributed by atoms with Crippen LogP contribution in [0.3, 0.4) is 0 Å². The lowest BCUT2D eigenvalue weighted by Crippen LogP contribution is -2.58. The van der Waals surface area contributed by atoms with Crippen molar-refractivity contribution in [2.75, 3.05) is 27.2 Å². The van der Waals surface area contributed by atoms with Crippen molar-refractivity contribution in [1.82, 2.24) is 9.38 Å². The van der Waals surface area contributed by atoms with Crippen LogP contribution in [0.2, 0.25) is 5.02 Å². The van der Waals surface area contributed by atoms with Gasteiger partial charge in [0.05, 0.1) is 14.1 Å². The van der Waals surface area contributed by atoms with Gasteiger partial charge in [-0.1, -0.05) is 11.6 Å². The van der Waals surface area contributed by atoms with Crippen molar-refractivity contribution >= 4 is 23.2 Å². The van der Waals surface area contributed by atoms with Crippen LogP contribution in [0.25, 0.3) is 0 Å². The number of carbonyl (C=O) groups excluding carboxylic acids is 1. The molecule has 0 radical (unpaired) electrons. The average molecular weight is 434 g/mol. The summed E-state index contributed by atoms with van der Waals surface area (Å²) < 4.78 is 28.2. The highest BCUT2D eigenvalue weighted by Gasteiger charge is 2.45. The summed E-state index contributed by atoms with van der Waals surface area (Å²) in [6.07, 6.45) is 3.14. The van der Waals surface area contributed by atoms with Gasteiger partial charge in [0.25, 0.3) is 0 Å². The van der Waals surface area contributed by atoms with E-state index in [1.165, 1.54) is 6.07 Å². The largest absolute Gasteiger partial charge is 0.335 e. The maximum Gasteiger partial charge on any atom is 0.335 e. The minimum Gasteiger partial charge on any atom is -0.289 e. The minimum atomic E-state index is -0.500. The van der Waals surface area contributed by atoms with Crippen molar-refractivity contribution < 1.29 is 13.6 Å². The van der Waals surface area contributed by atoms with Crippen molar-refractivity contribution in [3.63, 3.8) is 0 Å². The third kappa shape index (κ3) is 3.57. The van der Waals surface area contributed by atoms with E-state index in [9.17, 15) is 13.6 Å². The molecular weight excluding hydrogens is 406 g/mol. The Balaban J connectivity index is 1.49. The van der Waals surface area contributed by atoms with Crippen molar-refractivity contribution in [1.29, 1.82) is 0 Å². The predicted octanol–water partition coefficient (Wildman–Crippen LogP) is 5.08. The van der Waals surface area contributed by atoms with E-state index in [0.29, 0.717) is 17.0 Å². The zero-order chi connectivity index (χ0) is 21.7. The van der Waals surface area contributed by atoms with Crippen LogP contribution >= 0.6 is 11.6 Å². The Morgan fingerprint density at radius 1 is 1.10 bits per heavy atom. The molecular formula is C24H28ClF2N2O+. The molecule has 1 aliphatic heterocycles. The molecule has 1 atom stereocenters. The average Bonchev–Trinajstić information content (AvgIpc) is 3.06. The Bertz CT molecular complexity index is 966. The molecule has 2 aromatic rings. The lowest BCUT2D eigenvalue weighted by Gasteiger charge is -2.43. The highest BCUT2D eigenvalue weighted by atomic mass is 35.5. The molecule has 160 valence electrons. The number of likely N-dealkylation sites (tertiary alicyclic amines) is 1. The van der Waals surface area contributed by atoms with E-state index in [1.807, 2.05) is 33.2 Å². The Labute approximate surface area is 181 Å². The fraction of sp³-hybridized carbons (Fsp3) is 0.458. The van der Waals surface area contributed by atoms with Gasteiger partial charge < -0.3 is 0 Å². The van der Waals surface area contributed by atoms with Gasteiger partial charge in [-0.2, -0.15) is 0 Å². The van der Waals surface area contributed by atoms with Crippen LogP contribution in [-0.2, 0) is 16.6 Å². The Morgan fingerprint density at radius 3 is 2.37 bits per heavy atom. The number of rotatable bonds is 3. The number of nitrogens with zero attached hydrogens (tertiary/aromatic N) is 2. The first-order chi connectivity index (χ1) is 14.1. The number of halogens is 3. The summed E-state index contributed by atoms with van der Waals surface area (Å²) in [4.78, 5) is 15.6. The molecule has 30 heavy (non-hydrogen) atoms. The van der Waals surface area contributed by atoms with Crippen LogP contribution in [0, 0.1) is 11.6 Å². The molecule has 0 aromatic heterocycles. The molecule has 0 N–H and O–H groups in total. The number of piperidine rings is 1. The molecule has 0 bridgehead atoms. The number of quaternary nitrogens is 1. The number of amides is 1. The summed E-state index contributed by atoms with van der Waals surface area (Å²) in [5.41, 5.74) is 2.24. The van der Waals surface area contributed by atoms with E-state index in [-0.39, 0.29) is 21.8 Å². The number of hydrogen-bond acceptors (Lipinski definition) is 2. The maximum absolute atomic E-state index is 14.2. The minimum absolute atomic E-state index is 0.109. The maximum atomic E-state index is 14.2. The number of fused-ring (bicyclic) bond motifs is 2. The first-order valence-electron chi connectivity index (χ1n) is 10.5. The standard InChI is InChI=1S/C24H28ClF2N2O/c1-16(23(30)29(2,3)19-6-4-17(25)5-7-19)28-12-10-24(11-13-28)9-8-20-21(24)14-18(26)15-22(20)27/h4-7,14-16H,8-13H2,1-3H3/q+1. The molecule has 2 aliphatic rings. The van der Waals surface area contributed by atoms with Gasteiger partial charge in [-0.05, 0) is 80.4 Å². The SMILES string of the molecule is CC(C(=O)[N+](C)(C)c1ccc(Cl)cc1)N1CCC2(CCc3c(F)cc(F)cc32)CC1. The lowest BCUT2D eigenvalue weighted by molar-refractivity contribution is -0.133. The molecule has 1 spiro atoms. The third-order valence-corrected chi connectivity index (χ3v) is 7.52. The first-order valence-corrected chi connectivity index (χ1v) is 10.9. The van der Waals surface area contributed by atoms with Crippen molar-refractivity contribution in [2.24, 2.45) is 0 Å². The summed E-state index contributed by atoms with van der Waals surface area (Å²) in [5.74, 6) is -0.812. The second kappa shape index (κ2) is 7.70. The lowest BCUT2D eigenvalue weighted by atomic mass is 9.73. The van der Waals surface area contributed by atoms with Crippen molar-refractivity contribution in [3.05, 3.63) is 64.2 Å². The highest BCUT2D eigenvalue weighted by Crippen LogP contribution is 2.47. The van der Waals surface area contributed by atoms with Gasteiger partial charge in [0.15, 0.2) is 0 Å². The van der Waals surface area contributed by atoms with Gasteiger partial charge in [-0.15, -0.1) is 0 Å². The topological polar surface area (TPSA) is 20.3 Å². The fourth-order valence-corrected chi connectivity index (χ4v) is 5.38. The Hall–Kier alpha value is -1.82. The molecule has 1 amide bonds. The van der Waals surface area contributed by atoms with E-state index in [2.05, 4.69) is 4.90 Å². The van der Waals surface area contributed by atoms with Gasteiger partial charge in [-0.3, -0.25) is 4.90 Å². The molecule has 1 heterocycles. The van der Waals surface area contributed by atoms with Gasteiger partial charge in [0.1, 0.15) is 23.4 Å². The first kappa shape index (κ1) is 21.4. The molecule has 1 fully saturated rings. The molecule has 2 aromatic carbocycles. The van der Waals surface area contributed by atoms with Crippen LogP contribution < -0.4 is 4.48 Å². The molecule has 3 nitrogen and oxygen atoms in total. The number of carbonyl (C=O) groups is 1. The van der Waals surface area contributed by atoms with E-state index in [0.717, 1.165) is 49.7 Å². The zero-order valence-corrected chi connectivity index (χ0v) is 18.5. The number of likely N-dealkylation sites (N-methyl/N-ethyl adjacent to an activating group) is 1. The van der Waals surface area contributed by atoms with Crippen molar-refractivity contribution in [2.45, 2.75) is 44.1 Å². The summed E-state index contributed by atoms with van der Waals surface area (Å²) >= 11 is 5.99. The van der Waals surface area contributed by atoms with Gasteiger partial charge in [0, 0.05) is 23.2 Å². The predicted molar refractivity (Wildman–Crippen MR) is 117 cm³/mol. The van der Waals surface area contributed by atoms with E-state index in [4.69, 9.17) is 11.6 Å². The number of hydrogen-bond donors (Lipinski definition) is 0. The zero-order valence-electron chi connectivity index (χ0n) is 17.7. The van der Waals surface area contributed by atoms with E-state index in [1.54, 1.807) is 12.1 Å². The van der Waals surface area contributed by atoms with Crippen LogP contribution in [0.15, 0.2) is 36.4 Å². The Morgan fingerprint density at radius 2 is 1.73 bits per heavy atom. The van der Waals surface area contributed by atoms with Gasteiger partial charge in [0.2, 0.25) is 0 Å². The molecule has 1 saturated heterocycles. The highest BCUT2D eigenvalue weighted by molar-refractivity contribution is 6.30. The summed E-state index contributed by atoms with van der Waals surface area (Å²) in [5, 5.41) is 0.644. The smallest absolute Gasteiger partial charge is 0.289 e. The normalized spacial score (nSPS) is 19.7. The van der Waals surface area contributed by atoms with Crippen LogP contribution in [0.4, 0.5) is 14.5 Å². The summed E-state index contributed by atoms with van der Waals surface area (Å²) in [6, 6.07) is 9.64. The van der Waals surface area contributed by atoms with Crippen LogP contribution in [0.5, 0.6) is 0 Å². The molecule has 6 heteroatoms. The Kier molecular flexibility index (Phi) is 5.50. The molecule has 4 rings (SSSR count). The van der Waals surface area contributed by atoms with Crippen molar-refractivity contribution in [3.8, 4) is 0 Å². The second-order valence-electron chi connectivity index (χ2n) is 9.17. The summed E-state index contributed by atoms with van der Waals surface area (Å²) in [6.45, 7) is 3.44. The third-order valence-electron chi connectivity index (χ3n) is 7.27. The van der Waals surface area contributed by atoms with Gasteiger partial charge in [-0.25, -0.2) is 18.1 Å². The van der Waals surface area contributed by atoms with Crippen LogP contribution in [-0.4, -0.2) is 44.0 Å². The second-order valence-corrected chi connectivity index (χ2v) is 9.61. The van der Waals surface area contributed by atoms with Crippen LogP contribution in [0.1, 0.15) is 37.3 Å².